The highest BCUT2D eigenvalue weighted by Crippen LogP contribution is 2.27. The molecule has 1 aromatic carbocycles. The van der Waals surface area contributed by atoms with Gasteiger partial charge in [-0.25, -0.2) is 0 Å². The number of primary amides is 1. The Bertz CT molecular complexity index is 611. The third-order valence-corrected chi connectivity index (χ3v) is 3.63. The van der Waals surface area contributed by atoms with Gasteiger partial charge in [-0.1, -0.05) is 0 Å². The number of carbonyl (C=O) groups is 2. The van der Waals surface area contributed by atoms with Crippen molar-refractivity contribution in [2.45, 2.75) is 12.8 Å². The molecule has 0 aromatic heterocycles. The fourth-order valence-corrected chi connectivity index (χ4v) is 2.51. The Labute approximate surface area is 127 Å². The Morgan fingerprint density at radius 3 is 2.55 bits per heavy atom. The number of benzene rings is 1. The molecule has 8 heteroatoms. The number of nitrogens with zero attached hydrogens (tertiary/aromatic N) is 3. The van der Waals surface area contributed by atoms with E-state index in [0.29, 0.717) is 18.8 Å². The van der Waals surface area contributed by atoms with Gasteiger partial charge in [0.15, 0.2) is 0 Å². The molecule has 2 rings (SSSR count). The molecule has 0 atom stereocenters. The Balaban J connectivity index is 2.37. The van der Waals surface area contributed by atoms with Crippen LogP contribution in [0.25, 0.3) is 0 Å². The van der Waals surface area contributed by atoms with Crippen molar-refractivity contribution < 1.29 is 14.5 Å². The summed E-state index contributed by atoms with van der Waals surface area (Å²) in [5.74, 6) is -0.869. The van der Waals surface area contributed by atoms with Gasteiger partial charge in [-0.15, -0.1) is 0 Å². The molecule has 22 heavy (non-hydrogen) atoms. The van der Waals surface area contributed by atoms with Crippen molar-refractivity contribution in [3.63, 3.8) is 0 Å². The van der Waals surface area contributed by atoms with Gasteiger partial charge in [0.05, 0.1) is 11.5 Å². The van der Waals surface area contributed by atoms with Crippen LogP contribution >= 0.6 is 0 Å². The molecular weight excluding hydrogens is 288 g/mol. The van der Waals surface area contributed by atoms with E-state index in [0.717, 1.165) is 12.8 Å². The van der Waals surface area contributed by atoms with E-state index in [9.17, 15) is 19.7 Å². The number of carbonyl (C=O) groups excluding carboxylic acids is 2. The first-order valence-electron chi connectivity index (χ1n) is 6.97. The standard InChI is InChI=1S/C14H18N4O4/c1-16(9-13(15)19)10-4-5-12(18(21)22)11(8-10)14(20)17-6-2-3-7-17/h4-5,8H,2-3,6-7,9H2,1H3,(H2,15,19). The van der Waals surface area contributed by atoms with Crippen molar-refractivity contribution in [3.8, 4) is 0 Å². The summed E-state index contributed by atoms with van der Waals surface area (Å²) in [5, 5.41) is 11.1. The van der Waals surface area contributed by atoms with E-state index in [1.54, 1.807) is 16.8 Å². The van der Waals surface area contributed by atoms with E-state index in [1.165, 1.54) is 18.2 Å². The Kier molecular flexibility index (Phi) is 4.59. The van der Waals surface area contributed by atoms with Crippen molar-refractivity contribution >= 4 is 23.2 Å². The number of anilines is 1. The number of hydrogen-bond acceptors (Lipinski definition) is 5. The zero-order valence-electron chi connectivity index (χ0n) is 12.3. The van der Waals surface area contributed by atoms with Crippen LogP contribution in [0.2, 0.25) is 0 Å². The first-order valence-corrected chi connectivity index (χ1v) is 6.97. The van der Waals surface area contributed by atoms with Crippen LogP contribution in [-0.2, 0) is 4.79 Å². The molecule has 1 aliphatic heterocycles. The summed E-state index contributed by atoms with van der Waals surface area (Å²) in [6, 6.07) is 4.24. The first-order chi connectivity index (χ1) is 10.4. The van der Waals surface area contributed by atoms with E-state index >= 15 is 0 Å². The molecule has 0 radical (unpaired) electrons. The lowest BCUT2D eigenvalue weighted by molar-refractivity contribution is -0.385. The minimum Gasteiger partial charge on any atom is -0.368 e. The normalized spacial score (nSPS) is 14.0. The molecule has 8 nitrogen and oxygen atoms in total. The van der Waals surface area contributed by atoms with E-state index in [1.807, 2.05) is 0 Å². The third-order valence-electron chi connectivity index (χ3n) is 3.63. The van der Waals surface area contributed by atoms with Gasteiger partial charge in [-0.3, -0.25) is 19.7 Å². The minimum atomic E-state index is -0.568. The van der Waals surface area contributed by atoms with Crippen molar-refractivity contribution in [2.24, 2.45) is 5.73 Å². The van der Waals surface area contributed by atoms with Gasteiger partial charge in [-0.05, 0) is 25.0 Å². The second kappa shape index (κ2) is 6.42. The quantitative estimate of drug-likeness (QED) is 0.637. The van der Waals surface area contributed by atoms with Crippen molar-refractivity contribution in [3.05, 3.63) is 33.9 Å². The van der Waals surface area contributed by atoms with Gasteiger partial charge in [0.25, 0.3) is 11.6 Å². The molecule has 1 heterocycles. The summed E-state index contributed by atoms with van der Waals surface area (Å²) in [5.41, 5.74) is 5.49. The minimum absolute atomic E-state index is 0.0326. The van der Waals surface area contributed by atoms with Crippen LogP contribution < -0.4 is 10.6 Å². The largest absolute Gasteiger partial charge is 0.368 e. The molecule has 1 saturated heterocycles. The molecule has 2 N–H and O–H groups in total. The summed E-state index contributed by atoms with van der Waals surface area (Å²) in [6.45, 7) is 1.18. The van der Waals surface area contributed by atoms with Crippen molar-refractivity contribution in [1.82, 2.24) is 4.90 Å². The number of amides is 2. The van der Waals surface area contributed by atoms with Crippen molar-refractivity contribution in [1.29, 1.82) is 0 Å². The lowest BCUT2D eigenvalue weighted by Crippen LogP contribution is -2.31. The molecule has 0 spiro atoms. The van der Waals surface area contributed by atoms with Crippen LogP contribution in [-0.4, -0.2) is 48.3 Å². The highest BCUT2D eigenvalue weighted by molar-refractivity contribution is 5.99. The predicted octanol–water partition coefficient (Wildman–Crippen LogP) is 0.752. The van der Waals surface area contributed by atoms with Gasteiger partial charge in [0.1, 0.15) is 5.56 Å². The maximum atomic E-state index is 12.5. The first kappa shape index (κ1) is 15.7. The number of nitrogens with two attached hydrogens (primary N) is 1. The molecule has 118 valence electrons. The van der Waals surface area contributed by atoms with Gasteiger partial charge < -0.3 is 15.5 Å². The van der Waals surface area contributed by atoms with Crippen LogP contribution in [0.4, 0.5) is 11.4 Å². The summed E-state index contributed by atoms with van der Waals surface area (Å²) < 4.78 is 0. The number of nitro groups is 1. The van der Waals surface area contributed by atoms with Gasteiger partial charge >= 0.3 is 0 Å². The Morgan fingerprint density at radius 2 is 2.00 bits per heavy atom. The summed E-state index contributed by atoms with van der Waals surface area (Å²) in [7, 11) is 1.63. The lowest BCUT2D eigenvalue weighted by Gasteiger charge is -2.20. The van der Waals surface area contributed by atoms with Crippen LogP contribution in [0, 0.1) is 10.1 Å². The van der Waals surface area contributed by atoms with Crippen LogP contribution in [0.5, 0.6) is 0 Å². The smallest absolute Gasteiger partial charge is 0.282 e. The molecular formula is C14H18N4O4. The molecule has 0 saturated carbocycles. The maximum Gasteiger partial charge on any atom is 0.282 e. The number of nitro benzene ring substituents is 1. The monoisotopic (exact) mass is 306 g/mol. The highest BCUT2D eigenvalue weighted by atomic mass is 16.6. The molecule has 0 unspecified atom stereocenters. The highest BCUT2D eigenvalue weighted by Gasteiger charge is 2.27. The Hall–Kier alpha value is -2.64. The number of hydrogen-bond donors (Lipinski definition) is 1. The molecule has 1 aliphatic rings. The molecule has 1 aromatic rings. The maximum absolute atomic E-state index is 12.5. The second-order valence-electron chi connectivity index (χ2n) is 5.28. The lowest BCUT2D eigenvalue weighted by atomic mass is 10.1. The summed E-state index contributed by atoms with van der Waals surface area (Å²) in [4.78, 5) is 37.2. The average molecular weight is 306 g/mol. The number of likely N-dealkylation sites (N-methyl/N-ethyl adjacent to an activating group) is 1. The number of likely N-dealkylation sites (tertiary alicyclic amines) is 1. The van der Waals surface area contributed by atoms with E-state index in [2.05, 4.69) is 0 Å². The molecule has 0 bridgehead atoms. The second-order valence-corrected chi connectivity index (χ2v) is 5.28. The average Bonchev–Trinajstić information content (AvgIpc) is 2.99. The van der Waals surface area contributed by atoms with Gasteiger partial charge in [0, 0.05) is 31.9 Å². The molecule has 0 aliphatic carbocycles. The van der Waals surface area contributed by atoms with Crippen LogP contribution in [0.3, 0.4) is 0 Å². The van der Waals surface area contributed by atoms with Crippen LogP contribution in [0.15, 0.2) is 18.2 Å². The zero-order valence-corrected chi connectivity index (χ0v) is 12.3. The molecule has 1 fully saturated rings. The number of rotatable bonds is 5. The van der Waals surface area contributed by atoms with E-state index in [-0.39, 0.29) is 23.7 Å². The summed E-state index contributed by atoms with van der Waals surface area (Å²) >= 11 is 0. The Morgan fingerprint density at radius 1 is 1.36 bits per heavy atom. The van der Waals surface area contributed by atoms with Crippen LogP contribution in [0.1, 0.15) is 23.2 Å². The molecule has 2 amide bonds. The van der Waals surface area contributed by atoms with E-state index < -0.39 is 10.8 Å². The van der Waals surface area contributed by atoms with Crippen molar-refractivity contribution in [2.75, 3.05) is 31.6 Å². The van der Waals surface area contributed by atoms with Gasteiger partial charge in [-0.2, -0.15) is 0 Å². The summed E-state index contributed by atoms with van der Waals surface area (Å²) in [6.07, 6.45) is 1.81. The van der Waals surface area contributed by atoms with Gasteiger partial charge in [0.2, 0.25) is 5.91 Å². The fraction of sp³-hybridized carbons (Fsp3) is 0.429. The zero-order chi connectivity index (χ0) is 16.3. The topological polar surface area (TPSA) is 110 Å². The third kappa shape index (κ3) is 3.33. The van der Waals surface area contributed by atoms with E-state index in [4.69, 9.17) is 5.73 Å². The predicted molar refractivity (Wildman–Crippen MR) is 80.7 cm³/mol. The fourth-order valence-electron chi connectivity index (χ4n) is 2.51. The SMILES string of the molecule is CN(CC(N)=O)c1ccc([N+](=O)[O-])c(C(=O)N2CCCC2)c1.